The maximum Gasteiger partial charge on any atom is 0.220 e. The molecular formula is C34H67NO2. The standard InChI is InChI=1S/C34H67NO2/c1-4-6-8-10-12-14-16-18-20-22-24-26-28-30-33(36)32(3)35-34(37)31-29-27-25-23-21-19-17-15-13-11-9-7-5-2/h28,30,32-33,36H,4-27,29,31H2,1-3H3,(H,35,37)/b30-28+/t32-,33-/m1/s1. The molecule has 0 heterocycles. The molecule has 0 saturated carbocycles. The van der Waals surface area contributed by atoms with Gasteiger partial charge < -0.3 is 10.4 Å². The summed E-state index contributed by atoms with van der Waals surface area (Å²) in [7, 11) is 0. The highest BCUT2D eigenvalue weighted by Gasteiger charge is 2.13. The third-order valence-electron chi connectivity index (χ3n) is 7.72. The largest absolute Gasteiger partial charge is 0.387 e. The highest BCUT2D eigenvalue weighted by molar-refractivity contribution is 5.76. The van der Waals surface area contributed by atoms with E-state index in [9.17, 15) is 9.90 Å². The molecule has 0 spiro atoms. The predicted molar refractivity (Wildman–Crippen MR) is 164 cm³/mol. The second kappa shape index (κ2) is 29.7. The number of nitrogens with one attached hydrogen (secondary N) is 1. The van der Waals surface area contributed by atoms with E-state index in [4.69, 9.17) is 0 Å². The zero-order valence-electron chi connectivity index (χ0n) is 25.5. The van der Waals surface area contributed by atoms with E-state index in [2.05, 4.69) is 25.2 Å². The Morgan fingerprint density at radius 1 is 0.595 bits per heavy atom. The van der Waals surface area contributed by atoms with Crippen molar-refractivity contribution in [2.24, 2.45) is 0 Å². The molecule has 2 atom stereocenters. The summed E-state index contributed by atoms with van der Waals surface area (Å²) in [5, 5.41) is 13.3. The third kappa shape index (κ3) is 28.0. The Balaban J connectivity index is 3.50. The highest BCUT2D eigenvalue weighted by atomic mass is 16.3. The topological polar surface area (TPSA) is 49.3 Å². The molecule has 3 nitrogen and oxygen atoms in total. The molecule has 0 aliphatic heterocycles. The number of carbonyl (C=O) groups is 1. The molecule has 2 N–H and O–H groups in total. The molecular weight excluding hydrogens is 454 g/mol. The van der Waals surface area contributed by atoms with Crippen molar-refractivity contribution in [2.75, 3.05) is 0 Å². The first kappa shape index (κ1) is 36.2. The zero-order chi connectivity index (χ0) is 27.2. The fourth-order valence-corrected chi connectivity index (χ4v) is 5.04. The van der Waals surface area contributed by atoms with Crippen molar-refractivity contribution >= 4 is 5.91 Å². The van der Waals surface area contributed by atoms with E-state index in [1.807, 2.05) is 13.0 Å². The number of carbonyl (C=O) groups excluding carboxylic acids is 1. The number of rotatable bonds is 29. The van der Waals surface area contributed by atoms with E-state index in [1.54, 1.807) is 0 Å². The Morgan fingerprint density at radius 2 is 0.946 bits per heavy atom. The lowest BCUT2D eigenvalue weighted by Crippen LogP contribution is -2.40. The predicted octanol–water partition coefficient (Wildman–Crippen LogP) is 10.6. The van der Waals surface area contributed by atoms with Gasteiger partial charge in [-0.3, -0.25) is 4.79 Å². The van der Waals surface area contributed by atoms with E-state index in [-0.39, 0.29) is 11.9 Å². The lowest BCUT2D eigenvalue weighted by molar-refractivity contribution is -0.122. The van der Waals surface area contributed by atoms with Crippen molar-refractivity contribution in [1.29, 1.82) is 0 Å². The summed E-state index contributed by atoms with van der Waals surface area (Å²) in [6.07, 6.45) is 37.0. The zero-order valence-corrected chi connectivity index (χ0v) is 25.5. The average Bonchev–Trinajstić information content (AvgIpc) is 2.89. The summed E-state index contributed by atoms with van der Waals surface area (Å²) < 4.78 is 0. The fourth-order valence-electron chi connectivity index (χ4n) is 5.04. The summed E-state index contributed by atoms with van der Waals surface area (Å²) in [6, 6.07) is -0.219. The highest BCUT2D eigenvalue weighted by Crippen LogP contribution is 2.14. The van der Waals surface area contributed by atoms with E-state index in [0.29, 0.717) is 6.42 Å². The van der Waals surface area contributed by atoms with Crippen LogP contribution in [0, 0.1) is 0 Å². The minimum atomic E-state index is -0.594. The van der Waals surface area contributed by atoms with E-state index in [0.717, 1.165) is 19.3 Å². The van der Waals surface area contributed by atoms with Crippen molar-refractivity contribution in [3.63, 3.8) is 0 Å². The number of unbranched alkanes of at least 4 members (excludes halogenated alkanes) is 23. The summed E-state index contributed by atoms with van der Waals surface area (Å²) in [5.74, 6) is 0.0772. The number of amides is 1. The molecule has 0 aromatic carbocycles. The van der Waals surface area contributed by atoms with Gasteiger partial charge in [0.2, 0.25) is 5.91 Å². The van der Waals surface area contributed by atoms with Gasteiger partial charge in [0.15, 0.2) is 0 Å². The summed E-state index contributed by atoms with van der Waals surface area (Å²) in [4.78, 5) is 12.2. The fraction of sp³-hybridized carbons (Fsp3) is 0.912. The molecule has 3 heteroatoms. The van der Waals surface area contributed by atoms with Crippen LogP contribution in [-0.2, 0) is 4.79 Å². The van der Waals surface area contributed by atoms with Crippen molar-refractivity contribution < 1.29 is 9.90 Å². The summed E-state index contributed by atoms with van der Waals surface area (Å²) in [5.41, 5.74) is 0. The van der Waals surface area contributed by atoms with E-state index in [1.165, 1.54) is 141 Å². The van der Waals surface area contributed by atoms with Gasteiger partial charge in [-0.1, -0.05) is 167 Å². The molecule has 0 rings (SSSR count). The minimum absolute atomic E-state index is 0.0772. The summed E-state index contributed by atoms with van der Waals surface area (Å²) >= 11 is 0. The van der Waals surface area contributed by atoms with Crippen molar-refractivity contribution in [1.82, 2.24) is 5.32 Å². The van der Waals surface area contributed by atoms with Crippen LogP contribution in [0.4, 0.5) is 0 Å². The van der Waals surface area contributed by atoms with Crippen molar-refractivity contribution in [3.05, 3.63) is 12.2 Å². The molecule has 0 aliphatic carbocycles. The van der Waals surface area contributed by atoms with Gasteiger partial charge in [0.1, 0.15) is 0 Å². The SMILES string of the molecule is CCCCCCCCCCCCC/C=C/[C@@H](O)[C@@H](C)NC(=O)CCCCCCCCCCCCCCC. The van der Waals surface area contributed by atoms with Gasteiger partial charge in [-0.05, 0) is 26.2 Å². The van der Waals surface area contributed by atoms with Crippen LogP contribution in [-0.4, -0.2) is 23.2 Å². The van der Waals surface area contributed by atoms with Crippen LogP contribution in [0.1, 0.15) is 188 Å². The Labute approximate surface area is 233 Å². The van der Waals surface area contributed by atoms with Crippen LogP contribution in [0.15, 0.2) is 12.2 Å². The molecule has 0 saturated heterocycles. The van der Waals surface area contributed by atoms with Crippen molar-refractivity contribution in [3.8, 4) is 0 Å². The number of hydrogen-bond donors (Lipinski definition) is 2. The van der Waals surface area contributed by atoms with Crippen LogP contribution < -0.4 is 5.32 Å². The van der Waals surface area contributed by atoms with Crippen molar-refractivity contribution in [2.45, 2.75) is 200 Å². The normalized spacial score (nSPS) is 13.3. The first-order chi connectivity index (χ1) is 18.1. The number of allylic oxidation sites excluding steroid dienone is 1. The number of aliphatic hydroxyl groups is 1. The molecule has 220 valence electrons. The second-order valence-corrected chi connectivity index (χ2v) is 11.6. The monoisotopic (exact) mass is 522 g/mol. The van der Waals surface area contributed by atoms with E-state index < -0.39 is 6.10 Å². The first-order valence-electron chi connectivity index (χ1n) is 16.8. The molecule has 1 amide bonds. The van der Waals surface area contributed by atoms with Crippen LogP contribution in [0.25, 0.3) is 0 Å². The Hall–Kier alpha value is -0.830. The Kier molecular flexibility index (Phi) is 29.1. The molecule has 0 aromatic rings. The van der Waals surface area contributed by atoms with Crippen LogP contribution in [0.3, 0.4) is 0 Å². The van der Waals surface area contributed by atoms with Gasteiger partial charge >= 0.3 is 0 Å². The Morgan fingerprint density at radius 3 is 1.35 bits per heavy atom. The molecule has 0 aliphatic rings. The molecule has 0 unspecified atom stereocenters. The van der Waals surface area contributed by atoms with Crippen LogP contribution >= 0.6 is 0 Å². The lowest BCUT2D eigenvalue weighted by atomic mass is 10.0. The quantitative estimate of drug-likeness (QED) is 0.0759. The summed E-state index contributed by atoms with van der Waals surface area (Å²) in [6.45, 7) is 6.45. The van der Waals surface area contributed by atoms with Crippen LogP contribution in [0.5, 0.6) is 0 Å². The van der Waals surface area contributed by atoms with Gasteiger partial charge in [0, 0.05) is 6.42 Å². The first-order valence-corrected chi connectivity index (χ1v) is 16.8. The average molecular weight is 522 g/mol. The second-order valence-electron chi connectivity index (χ2n) is 11.6. The number of aliphatic hydroxyl groups excluding tert-OH is 1. The lowest BCUT2D eigenvalue weighted by Gasteiger charge is -2.17. The Bertz CT molecular complexity index is 490. The van der Waals surface area contributed by atoms with Crippen LogP contribution in [0.2, 0.25) is 0 Å². The van der Waals surface area contributed by atoms with E-state index >= 15 is 0 Å². The molecule has 0 bridgehead atoms. The van der Waals surface area contributed by atoms with Gasteiger partial charge in [-0.15, -0.1) is 0 Å². The molecule has 0 fully saturated rings. The smallest absolute Gasteiger partial charge is 0.220 e. The van der Waals surface area contributed by atoms with Gasteiger partial charge in [-0.2, -0.15) is 0 Å². The molecule has 0 radical (unpaired) electrons. The maximum absolute atomic E-state index is 12.2. The third-order valence-corrected chi connectivity index (χ3v) is 7.72. The van der Waals surface area contributed by atoms with Gasteiger partial charge in [-0.25, -0.2) is 0 Å². The number of hydrogen-bond acceptors (Lipinski definition) is 2. The minimum Gasteiger partial charge on any atom is -0.387 e. The van der Waals surface area contributed by atoms with Gasteiger partial charge in [0.05, 0.1) is 12.1 Å². The van der Waals surface area contributed by atoms with Gasteiger partial charge in [0.25, 0.3) is 0 Å². The molecule has 0 aromatic heterocycles. The molecule has 37 heavy (non-hydrogen) atoms. The maximum atomic E-state index is 12.2.